The van der Waals surface area contributed by atoms with Crippen molar-refractivity contribution in [1.82, 2.24) is 0 Å². The second kappa shape index (κ2) is 8.21. The van der Waals surface area contributed by atoms with Crippen LogP contribution in [0.5, 0.6) is 5.75 Å². The van der Waals surface area contributed by atoms with Crippen molar-refractivity contribution in [2.24, 2.45) is 5.73 Å². The molecular weight excluding hydrogens is 234 g/mol. The van der Waals surface area contributed by atoms with Crippen LogP contribution < -0.4 is 10.5 Å². The monoisotopic (exact) mass is 263 g/mol. The van der Waals surface area contributed by atoms with E-state index in [-0.39, 0.29) is 0 Å². The van der Waals surface area contributed by atoms with Crippen molar-refractivity contribution in [2.45, 2.75) is 58.3 Å². The third-order valence-electron chi connectivity index (χ3n) is 3.74. The summed E-state index contributed by atoms with van der Waals surface area (Å²) in [6.07, 6.45) is 4.75. The lowest BCUT2D eigenvalue weighted by atomic mass is 9.87. The fraction of sp³-hybridized carbons (Fsp3) is 0.647. The molecule has 0 amide bonds. The Morgan fingerprint density at radius 1 is 1.21 bits per heavy atom. The summed E-state index contributed by atoms with van der Waals surface area (Å²) in [6.45, 7) is 7.47. The minimum Gasteiger partial charge on any atom is -0.496 e. The van der Waals surface area contributed by atoms with Gasteiger partial charge in [0.25, 0.3) is 0 Å². The Labute approximate surface area is 118 Å². The molecule has 1 aromatic carbocycles. The van der Waals surface area contributed by atoms with Gasteiger partial charge in [-0.15, -0.1) is 0 Å². The molecule has 0 aliphatic carbocycles. The Balaban J connectivity index is 2.99. The third kappa shape index (κ3) is 4.54. The van der Waals surface area contributed by atoms with Crippen LogP contribution in [0.25, 0.3) is 0 Å². The molecule has 2 nitrogen and oxygen atoms in total. The highest BCUT2D eigenvalue weighted by atomic mass is 16.5. The minimum absolute atomic E-state index is 0.492. The topological polar surface area (TPSA) is 35.2 Å². The summed E-state index contributed by atoms with van der Waals surface area (Å²) in [6, 6.07) is 6.68. The molecule has 0 saturated carbocycles. The third-order valence-corrected chi connectivity index (χ3v) is 3.74. The van der Waals surface area contributed by atoms with E-state index in [1.165, 1.54) is 30.4 Å². The predicted molar refractivity (Wildman–Crippen MR) is 83.0 cm³/mol. The zero-order valence-electron chi connectivity index (χ0n) is 12.9. The number of hydrogen-bond acceptors (Lipinski definition) is 2. The van der Waals surface area contributed by atoms with E-state index in [1.54, 1.807) is 7.11 Å². The maximum atomic E-state index is 5.65. The molecule has 0 aliphatic heterocycles. The van der Waals surface area contributed by atoms with Crippen LogP contribution in [-0.2, 0) is 0 Å². The average Bonchev–Trinajstić information content (AvgIpc) is 2.42. The summed E-state index contributed by atoms with van der Waals surface area (Å²) in [5.74, 6) is 2.14. The van der Waals surface area contributed by atoms with Crippen molar-refractivity contribution in [3.05, 3.63) is 29.3 Å². The van der Waals surface area contributed by atoms with Crippen LogP contribution in [0, 0.1) is 0 Å². The van der Waals surface area contributed by atoms with Gasteiger partial charge in [-0.2, -0.15) is 0 Å². The average molecular weight is 263 g/mol. The number of rotatable bonds is 8. The van der Waals surface area contributed by atoms with Crippen LogP contribution in [0.15, 0.2) is 18.2 Å². The SMILES string of the molecule is CCCC(CCCN)c1ccc(OC)c(C(C)C)c1. The predicted octanol–water partition coefficient (Wildman–Crippen LogP) is 4.44. The zero-order valence-corrected chi connectivity index (χ0v) is 12.9. The van der Waals surface area contributed by atoms with Crippen LogP contribution in [0.1, 0.15) is 69.4 Å². The molecule has 1 atom stereocenters. The number of benzene rings is 1. The fourth-order valence-electron chi connectivity index (χ4n) is 2.65. The summed E-state index contributed by atoms with van der Waals surface area (Å²) in [4.78, 5) is 0. The van der Waals surface area contributed by atoms with E-state index in [1.807, 2.05) is 0 Å². The molecule has 19 heavy (non-hydrogen) atoms. The van der Waals surface area contributed by atoms with Crippen molar-refractivity contribution >= 4 is 0 Å². The maximum absolute atomic E-state index is 5.65. The summed E-state index contributed by atoms with van der Waals surface area (Å²) in [7, 11) is 1.75. The lowest BCUT2D eigenvalue weighted by molar-refractivity contribution is 0.407. The van der Waals surface area contributed by atoms with E-state index in [0.29, 0.717) is 11.8 Å². The first-order chi connectivity index (χ1) is 9.13. The van der Waals surface area contributed by atoms with Crippen LogP contribution in [-0.4, -0.2) is 13.7 Å². The molecule has 0 aromatic heterocycles. The highest BCUT2D eigenvalue weighted by molar-refractivity contribution is 5.40. The molecule has 0 aliphatic rings. The number of methoxy groups -OCH3 is 1. The summed E-state index contributed by atoms with van der Waals surface area (Å²) in [5.41, 5.74) is 8.41. The van der Waals surface area contributed by atoms with Crippen molar-refractivity contribution in [3.8, 4) is 5.75 Å². The van der Waals surface area contributed by atoms with E-state index in [4.69, 9.17) is 10.5 Å². The van der Waals surface area contributed by atoms with E-state index in [0.717, 1.165) is 18.7 Å². The van der Waals surface area contributed by atoms with E-state index in [9.17, 15) is 0 Å². The highest BCUT2D eigenvalue weighted by Crippen LogP contribution is 2.33. The molecular formula is C17H29NO. The normalized spacial score (nSPS) is 12.7. The van der Waals surface area contributed by atoms with Crippen LogP contribution >= 0.6 is 0 Å². The number of ether oxygens (including phenoxy) is 1. The Hall–Kier alpha value is -1.02. The molecule has 1 aromatic rings. The minimum atomic E-state index is 0.492. The van der Waals surface area contributed by atoms with Gasteiger partial charge in [0, 0.05) is 0 Å². The Morgan fingerprint density at radius 3 is 2.47 bits per heavy atom. The molecule has 0 radical (unpaired) electrons. The van der Waals surface area contributed by atoms with Gasteiger partial charge in [-0.25, -0.2) is 0 Å². The van der Waals surface area contributed by atoms with Crippen molar-refractivity contribution in [2.75, 3.05) is 13.7 Å². The second-order valence-electron chi connectivity index (χ2n) is 5.57. The van der Waals surface area contributed by atoms with Crippen LogP contribution in [0.3, 0.4) is 0 Å². The van der Waals surface area contributed by atoms with Crippen LogP contribution in [0.4, 0.5) is 0 Å². The van der Waals surface area contributed by atoms with Gasteiger partial charge in [0.05, 0.1) is 7.11 Å². The number of nitrogens with two attached hydrogens (primary N) is 1. The molecule has 0 bridgehead atoms. The van der Waals surface area contributed by atoms with Gasteiger partial charge in [0.1, 0.15) is 5.75 Å². The summed E-state index contributed by atoms with van der Waals surface area (Å²) in [5, 5.41) is 0. The second-order valence-corrected chi connectivity index (χ2v) is 5.57. The van der Waals surface area contributed by atoms with Crippen LogP contribution in [0.2, 0.25) is 0 Å². The molecule has 2 heteroatoms. The summed E-state index contributed by atoms with van der Waals surface area (Å²) < 4.78 is 5.46. The van der Waals surface area contributed by atoms with E-state index < -0.39 is 0 Å². The molecule has 0 fully saturated rings. The van der Waals surface area contributed by atoms with E-state index in [2.05, 4.69) is 39.0 Å². The molecule has 0 spiro atoms. The smallest absolute Gasteiger partial charge is 0.122 e. The van der Waals surface area contributed by atoms with Crippen molar-refractivity contribution in [1.29, 1.82) is 0 Å². The standard InChI is InChI=1S/C17H29NO/c1-5-7-14(8-6-11-18)15-9-10-17(19-4)16(12-15)13(2)3/h9-10,12-14H,5-8,11,18H2,1-4H3. The molecule has 0 saturated heterocycles. The molecule has 108 valence electrons. The quantitative estimate of drug-likeness (QED) is 0.752. The van der Waals surface area contributed by atoms with Gasteiger partial charge >= 0.3 is 0 Å². The molecule has 1 unspecified atom stereocenters. The van der Waals surface area contributed by atoms with Crippen molar-refractivity contribution in [3.63, 3.8) is 0 Å². The summed E-state index contributed by atoms with van der Waals surface area (Å²) >= 11 is 0. The first-order valence-electron chi connectivity index (χ1n) is 7.51. The van der Waals surface area contributed by atoms with Crippen molar-refractivity contribution < 1.29 is 4.74 Å². The van der Waals surface area contributed by atoms with Gasteiger partial charge in [0.2, 0.25) is 0 Å². The number of hydrogen-bond donors (Lipinski definition) is 1. The Bertz CT molecular complexity index is 374. The lowest BCUT2D eigenvalue weighted by Crippen LogP contribution is -2.06. The van der Waals surface area contributed by atoms with Gasteiger partial charge in [0.15, 0.2) is 0 Å². The van der Waals surface area contributed by atoms with Gasteiger partial charge in [-0.1, -0.05) is 39.3 Å². The van der Waals surface area contributed by atoms with E-state index >= 15 is 0 Å². The molecule has 2 N–H and O–H groups in total. The largest absolute Gasteiger partial charge is 0.496 e. The lowest BCUT2D eigenvalue weighted by Gasteiger charge is -2.20. The highest BCUT2D eigenvalue weighted by Gasteiger charge is 2.14. The van der Waals surface area contributed by atoms with Gasteiger partial charge < -0.3 is 10.5 Å². The van der Waals surface area contributed by atoms with Gasteiger partial charge in [-0.3, -0.25) is 0 Å². The Kier molecular flexibility index (Phi) is 6.93. The first-order valence-corrected chi connectivity index (χ1v) is 7.51. The Morgan fingerprint density at radius 2 is 1.95 bits per heavy atom. The zero-order chi connectivity index (χ0) is 14.3. The first kappa shape index (κ1) is 16.0. The fourth-order valence-corrected chi connectivity index (χ4v) is 2.65. The van der Waals surface area contributed by atoms with Gasteiger partial charge in [-0.05, 0) is 54.8 Å². The maximum Gasteiger partial charge on any atom is 0.122 e. The molecule has 0 heterocycles. The molecule has 1 rings (SSSR count).